The summed E-state index contributed by atoms with van der Waals surface area (Å²) in [5.74, 6) is -1.56. The van der Waals surface area contributed by atoms with E-state index in [0.717, 1.165) is 25.0 Å². The minimum absolute atomic E-state index is 0.0116. The molecule has 1 aromatic rings. The first-order valence-corrected chi connectivity index (χ1v) is 8.22. The van der Waals surface area contributed by atoms with E-state index in [1.807, 2.05) is 27.7 Å². The first kappa shape index (κ1) is 17.4. The van der Waals surface area contributed by atoms with E-state index in [1.54, 1.807) is 0 Å². The van der Waals surface area contributed by atoms with E-state index in [1.165, 1.54) is 0 Å². The van der Waals surface area contributed by atoms with Crippen molar-refractivity contribution in [2.75, 3.05) is 0 Å². The molecule has 2 fully saturated rings. The number of carbonyl (C=O) groups is 1. The van der Waals surface area contributed by atoms with Crippen molar-refractivity contribution in [3.05, 3.63) is 29.3 Å². The van der Waals surface area contributed by atoms with Crippen molar-refractivity contribution in [3.63, 3.8) is 0 Å². The van der Waals surface area contributed by atoms with E-state index >= 15 is 0 Å². The van der Waals surface area contributed by atoms with Crippen molar-refractivity contribution in [1.29, 1.82) is 0 Å². The molecule has 2 aliphatic rings. The van der Waals surface area contributed by atoms with Crippen LogP contribution < -0.4 is 10.8 Å². The van der Waals surface area contributed by atoms with Gasteiger partial charge in [0, 0.05) is 11.5 Å². The van der Waals surface area contributed by atoms with Crippen molar-refractivity contribution < 1.29 is 22.9 Å². The van der Waals surface area contributed by atoms with E-state index in [4.69, 9.17) is 9.31 Å². The second-order valence-electron chi connectivity index (χ2n) is 7.57. The van der Waals surface area contributed by atoms with Gasteiger partial charge in [-0.2, -0.15) is 0 Å². The smallest absolute Gasteiger partial charge is 0.399 e. The fraction of sp³-hybridized carbons (Fsp3) is 0.588. The molecule has 0 unspecified atom stereocenters. The minimum Gasteiger partial charge on any atom is -0.399 e. The number of nitrogens with one attached hydrogen (secondary N) is 1. The van der Waals surface area contributed by atoms with Crippen molar-refractivity contribution in [1.82, 2.24) is 5.32 Å². The molecule has 4 nitrogen and oxygen atoms in total. The molecule has 1 aliphatic heterocycles. The van der Waals surface area contributed by atoms with E-state index in [0.29, 0.717) is 0 Å². The van der Waals surface area contributed by atoms with Gasteiger partial charge in [0.25, 0.3) is 0 Å². The number of benzene rings is 1. The van der Waals surface area contributed by atoms with Crippen LogP contribution >= 0.6 is 0 Å². The van der Waals surface area contributed by atoms with E-state index < -0.39 is 30.0 Å². The second-order valence-corrected chi connectivity index (χ2v) is 7.57. The van der Waals surface area contributed by atoms with Gasteiger partial charge in [0.15, 0.2) is 0 Å². The van der Waals surface area contributed by atoms with Crippen LogP contribution in [0, 0.1) is 11.6 Å². The number of halogens is 2. The molecule has 1 saturated carbocycles. The lowest BCUT2D eigenvalue weighted by Gasteiger charge is -2.32. The molecule has 0 radical (unpaired) electrons. The van der Waals surface area contributed by atoms with Gasteiger partial charge in [-0.15, -0.1) is 0 Å². The molecule has 1 amide bonds. The normalized spacial score (nSPS) is 21.8. The number of carbonyl (C=O) groups excluding carboxylic acids is 1. The van der Waals surface area contributed by atoms with Crippen molar-refractivity contribution >= 4 is 18.5 Å². The van der Waals surface area contributed by atoms with E-state index in [2.05, 4.69) is 5.32 Å². The summed E-state index contributed by atoms with van der Waals surface area (Å²) >= 11 is 0. The molecule has 0 bridgehead atoms. The van der Waals surface area contributed by atoms with Crippen LogP contribution in [-0.2, 0) is 20.5 Å². The Balaban J connectivity index is 1.78. The zero-order valence-electron chi connectivity index (χ0n) is 14.4. The molecule has 0 spiro atoms. The SMILES string of the molecule is CC1(C)OB(c2cc(F)c(CC(=O)NC3CC3)cc2F)OC1(C)C. The van der Waals surface area contributed by atoms with Gasteiger partial charge in [0.1, 0.15) is 11.6 Å². The maximum absolute atomic E-state index is 14.5. The molecule has 1 aromatic carbocycles. The lowest BCUT2D eigenvalue weighted by molar-refractivity contribution is -0.120. The van der Waals surface area contributed by atoms with Gasteiger partial charge in [-0.05, 0) is 58.2 Å². The third-order valence-corrected chi connectivity index (χ3v) is 4.97. The van der Waals surface area contributed by atoms with Gasteiger partial charge in [0.2, 0.25) is 5.91 Å². The summed E-state index contributed by atoms with van der Waals surface area (Å²) in [5.41, 5.74) is -1.23. The van der Waals surface area contributed by atoms with Crippen LogP contribution in [0.4, 0.5) is 8.78 Å². The molecule has 24 heavy (non-hydrogen) atoms. The van der Waals surface area contributed by atoms with Crippen molar-refractivity contribution in [2.24, 2.45) is 0 Å². The lowest BCUT2D eigenvalue weighted by Crippen LogP contribution is -2.41. The standard InChI is InChI=1S/C17H22BF2NO3/c1-16(2)17(3,4)24-18(23-16)12-9-13(19)10(7-14(12)20)8-15(22)21-11-5-6-11/h7,9,11H,5-6,8H2,1-4H3,(H,21,22). The van der Waals surface area contributed by atoms with Gasteiger partial charge in [-0.1, -0.05) is 0 Å². The largest absolute Gasteiger partial charge is 0.497 e. The number of hydrogen-bond donors (Lipinski definition) is 1. The number of rotatable bonds is 4. The number of amides is 1. The summed E-state index contributed by atoms with van der Waals surface area (Å²) in [6.07, 6.45) is 1.72. The number of hydrogen-bond acceptors (Lipinski definition) is 3. The van der Waals surface area contributed by atoms with Gasteiger partial charge < -0.3 is 14.6 Å². The highest BCUT2D eigenvalue weighted by Gasteiger charge is 2.52. The van der Waals surface area contributed by atoms with Gasteiger partial charge in [-0.25, -0.2) is 8.78 Å². The summed E-state index contributed by atoms with van der Waals surface area (Å²) in [6.45, 7) is 7.38. The molecular formula is C17H22BF2NO3. The molecule has 0 atom stereocenters. The lowest BCUT2D eigenvalue weighted by atomic mass is 9.78. The van der Waals surface area contributed by atoms with Crippen LogP contribution in [0.5, 0.6) is 0 Å². The monoisotopic (exact) mass is 337 g/mol. The Bertz CT molecular complexity index is 658. The highest BCUT2D eigenvalue weighted by atomic mass is 19.1. The highest BCUT2D eigenvalue weighted by molar-refractivity contribution is 6.62. The molecule has 1 aliphatic carbocycles. The first-order chi connectivity index (χ1) is 11.1. The Kier molecular flexibility index (Phi) is 4.20. The van der Waals surface area contributed by atoms with Crippen LogP contribution in [0.15, 0.2) is 12.1 Å². The molecule has 1 saturated heterocycles. The van der Waals surface area contributed by atoms with Gasteiger partial charge in [0.05, 0.1) is 17.6 Å². The quantitative estimate of drug-likeness (QED) is 0.856. The average molecular weight is 337 g/mol. The average Bonchev–Trinajstić information content (AvgIpc) is 3.20. The van der Waals surface area contributed by atoms with E-state index in [9.17, 15) is 13.6 Å². The zero-order valence-corrected chi connectivity index (χ0v) is 14.4. The third-order valence-electron chi connectivity index (χ3n) is 4.97. The molecule has 1 N–H and O–H groups in total. The first-order valence-electron chi connectivity index (χ1n) is 8.22. The van der Waals surface area contributed by atoms with Gasteiger partial charge >= 0.3 is 7.12 Å². The molecule has 3 rings (SSSR count). The Morgan fingerprint density at radius 2 is 1.75 bits per heavy atom. The Morgan fingerprint density at radius 3 is 2.29 bits per heavy atom. The van der Waals surface area contributed by atoms with Crippen LogP contribution in [0.2, 0.25) is 0 Å². The Hall–Kier alpha value is -1.47. The fourth-order valence-corrected chi connectivity index (χ4v) is 2.57. The predicted molar refractivity (Wildman–Crippen MR) is 86.9 cm³/mol. The maximum atomic E-state index is 14.5. The van der Waals surface area contributed by atoms with Crippen molar-refractivity contribution in [3.8, 4) is 0 Å². The summed E-state index contributed by atoms with van der Waals surface area (Å²) in [7, 11) is -0.973. The van der Waals surface area contributed by atoms with E-state index in [-0.39, 0.29) is 29.4 Å². The molecule has 7 heteroatoms. The highest BCUT2D eigenvalue weighted by Crippen LogP contribution is 2.36. The Morgan fingerprint density at radius 1 is 1.17 bits per heavy atom. The van der Waals surface area contributed by atoms with Crippen LogP contribution in [0.3, 0.4) is 0 Å². The van der Waals surface area contributed by atoms with Crippen LogP contribution in [0.1, 0.15) is 46.1 Å². The molecule has 130 valence electrons. The van der Waals surface area contributed by atoms with Crippen LogP contribution in [0.25, 0.3) is 0 Å². The maximum Gasteiger partial charge on any atom is 0.497 e. The second kappa shape index (κ2) is 5.81. The predicted octanol–water partition coefficient (Wildman–Crippen LogP) is 2.09. The topological polar surface area (TPSA) is 47.6 Å². The van der Waals surface area contributed by atoms with Crippen molar-refractivity contribution in [2.45, 2.75) is 64.2 Å². The fourth-order valence-electron chi connectivity index (χ4n) is 2.57. The summed E-state index contributed by atoms with van der Waals surface area (Å²) in [5, 5.41) is 2.76. The third kappa shape index (κ3) is 3.33. The molecule has 0 aromatic heterocycles. The zero-order chi connectivity index (χ0) is 17.7. The van der Waals surface area contributed by atoms with Gasteiger partial charge in [-0.3, -0.25) is 4.79 Å². The summed E-state index contributed by atoms with van der Waals surface area (Å²) in [4.78, 5) is 11.8. The summed E-state index contributed by atoms with van der Waals surface area (Å²) < 4.78 is 40.3. The summed E-state index contributed by atoms with van der Waals surface area (Å²) in [6, 6.07) is 2.31. The Labute approximate surface area is 141 Å². The molecule has 1 heterocycles. The van der Waals surface area contributed by atoms with Crippen LogP contribution in [-0.4, -0.2) is 30.3 Å². The molecular weight excluding hydrogens is 315 g/mol. The minimum atomic E-state index is -0.973.